The van der Waals surface area contributed by atoms with E-state index in [2.05, 4.69) is 9.05 Å². The van der Waals surface area contributed by atoms with Crippen LogP contribution in [0.25, 0.3) is 0 Å². The Labute approximate surface area is 59.3 Å². The lowest BCUT2D eigenvalue weighted by Crippen LogP contribution is -2.18. The Morgan fingerprint density at radius 2 is 1.80 bits per heavy atom. The number of hydrogen-bond acceptors (Lipinski definition) is 4. The molecule has 5 nitrogen and oxygen atoms in total. The van der Waals surface area contributed by atoms with Gasteiger partial charge in [0.05, 0.1) is 0 Å². The summed E-state index contributed by atoms with van der Waals surface area (Å²) in [4.78, 5) is 10.3. The second kappa shape index (κ2) is 3.71. The zero-order valence-corrected chi connectivity index (χ0v) is 6.97. The summed E-state index contributed by atoms with van der Waals surface area (Å²) in [5.74, 6) is -0.452. The van der Waals surface area contributed by atoms with E-state index in [1.807, 2.05) is 5.09 Å². The lowest BCUT2D eigenvalue weighted by Gasteiger charge is -2.12. The molecule has 1 N–H and O–H groups in total. The molecule has 6 heteroatoms. The van der Waals surface area contributed by atoms with Gasteiger partial charge in [-0.25, -0.2) is 4.57 Å². The minimum atomic E-state index is -3.34. The second-order valence-electron chi connectivity index (χ2n) is 1.53. The largest absolute Gasteiger partial charge is 0.434 e. The van der Waals surface area contributed by atoms with Gasteiger partial charge in [0, 0.05) is 21.1 Å². The van der Waals surface area contributed by atoms with Crippen molar-refractivity contribution in [3.8, 4) is 0 Å². The fourth-order valence-electron chi connectivity index (χ4n) is 0.359. The SMILES string of the molecule is COP(=O)(NC(C)=O)OC. The number of hydrogen-bond donors (Lipinski definition) is 1. The molecule has 0 saturated carbocycles. The molecular formula is C4H10NO4P. The molecule has 0 aliphatic rings. The normalized spacial score (nSPS) is 11.1. The molecule has 0 aromatic carbocycles. The van der Waals surface area contributed by atoms with E-state index in [9.17, 15) is 9.36 Å². The molecule has 0 unspecified atom stereocenters. The van der Waals surface area contributed by atoms with Crippen molar-refractivity contribution in [2.75, 3.05) is 14.2 Å². The van der Waals surface area contributed by atoms with Gasteiger partial charge in [-0.2, -0.15) is 0 Å². The Morgan fingerprint density at radius 1 is 1.40 bits per heavy atom. The predicted octanol–water partition coefficient (Wildman–Crippen LogP) is 0.523. The van der Waals surface area contributed by atoms with E-state index in [1.165, 1.54) is 21.1 Å². The molecule has 0 bridgehead atoms. The van der Waals surface area contributed by atoms with Gasteiger partial charge in [0.25, 0.3) is 0 Å². The second-order valence-corrected chi connectivity index (χ2v) is 3.48. The van der Waals surface area contributed by atoms with Gasteiger partial charge < -0.3 is 0 Å². The van der Waals surface area contributed by atoms with Crippen LogP contribution in [0.15, 0.2) is 0 Å². The van der Waals surface area contributed by atoms with Crippen LogP contribution in [0, 0.1) is 0 Å². The first-order chi connectivity index (χ1) is 4.54. The van der Waals surface area contributed by atoms with Crippen molar-refractivity contribution in [1.29, 1.82) is 0 Å². The maximum atomic E-state index is 11.0. The minimum absolute atomic E-state index is 0.452. The number of carbonyl (C=O) groups excluding carboxylic acids is 1. The summed E-state index contributed by atoms with van der Waals surface area (Å²) in [5.41, 5.74) is 0. The van der Waals surface area contributed by atoms with Crippen LogP contribution in [-0.4, -0.2) is 20.1 Å². The van der Waals surface area contributed by atoms with E-state index in [-0.39, 0.29) is 0 Å². The van der Waals surface area contributed by atoms with E-state index >= 15 is 0 Å². The fraction of sp³-hybridized carbons (Fsp3) is 0.750. The maximum absolute atomic E-state index is 11.0. The van der Waals surface area contributed by atoms with Crippen molar-refractivity contribution in [2.45, 2.75) is 6.92 Å². The highest BCUT2D eigenvalue weighted by Gasteiger charge is 2.21. The summed E-state index contributed by atoms with van der Waals surface area (Å²) in [6, 6.07) is 0. The van der Waals surface area contributed by atoms with Crippen LogP contribution >= 0.6 is 7.75 Å². The van der Waals surface area contributed by atoms with E-state index in [0.717, 1.165) is 0 Å². The Kier molecular flexibility index (Phi) is 3.57. The third kappa shape index (κ3) is 2.96. The van der Waals surface area contributed by atoms with Gasteiger partial charge in [0.1, 0.15) is 0 Å². The van der Waals surface area contributed by atoms with Gasteiger partial charge in [0.2, 0.25) is 5.91 Å². The zero-order valence-electron chi connectivity index (χ0n) is 6.08. The monoisotopic (exact) mass is 167 g/mol. The average Bonchev–Trinajstić information content (AvgIpc) is 1.87. The van der Waals surface area contributed by atoms with E-state index in [4.69, 9.17) is 0 Å². The van der Waals surface area contributed by atoms with E-state index in [0.29, 0.717) is 0 Å². The smallest absolute Gasteiger partial charge is 0.296 e. The summed E-state index contributed by atoms with van der Waals surface area (Å²) >= 11 is 0. The summed E-state index contributed by atoms with van der Waals surface area (Å²) in [6.07, 6.45) is 0. The van der Waals surface area contributed by atoms with Crippen molar-refractivity contribution in [3.63, 3.8) is 0 Å². The molecule has 1 amide bonds. The van der Waals surface area contributed by atoms with Crippen molar-refractivity contribution in [1.82, 2.24) is 5.09 Å². The first-order valence-electron chi connectivity index (χ1n) is 2.54. The maximum Gasteiger partial charge on any atom is 0.434 e. The van der Waals surface area contributed by atoms with Crippen LogP contribution < -0.4 is 5.09 Å². The van der Waals surface area contributed by atoms with Gasteiger partial charge in [-0.15, -0.1) is 0 Å². The lowest BCUT2D eigenvalue weighted by molar-refractivity contribution is -0.117. The summed E-state index contributed by atoms with van der Waals surface area (Å²) in [7, 11) is -0.947. The molecule has 0 aromatic heterocycles. The standard InChI is InChI=1S/C4H10NO4P/c1-4(6)5-10(7,8-2)9-3/h1-3H3,(H,5,6,7). The van der Waals surface area contributed by atoms with Crippen LogP contribution in [0.4, 0.5) is 0 Å². The fourth-order valence-corrected chi connectivity index (χ4v) is 1.08. The van der Waals surface area contributed by atoms with Crippen molar-refractivity contribution in [3.05, 3.63) is 0 Å². The Balaban J connectivity index is 4.07. The van der Waals surface area contributed by atoms with Crippen molar-refractivity contribution in [2.24, 2.45) is 0 Å². The third-order valence-electron chi connectivity index (χ3n) is 0.775. The molecule has 0 rings (SSSR count). The molecule has 0 fully saturated rings. The first kappa shape index (κ1) is 9.62. The van der Waals surface area contributed by atoms with Crippen LogP contribution in [-0.2, 0) is 18.4 Å². The highest BCUT2D eigenvalue weighted by atomic mass is 31.2. The lowest BCUT2D eigenvalue weighted by atomic mass is 10.8. The third-order valence-corrected chi connectivity index (χ3v) is 2.33. The van der Waals surface area contributed by atoms with Crippen molar-refractivity contribution < 1.29 is 18.4 Å². The Morgan fingerprint density at radius 3 is 1.90 bits per heavy atom. The van der Waals surface area contributed by atoms with E-state index in [1.54, 1.807) is 0 Å². The molecule has 0 aliphatic carbocycles. The van der Waals surface area contributed by atoms with Gasteiger partial charge in [-0.05, 0) is 0 Å². The number of carbonyl (C=O) groups is 1. The molecule has 0 radical (unpaired) electrons. The van der Waals surface area contributed by atoms with Gasteiger partial charge in [0.15, 0.2) is 0 Å². The number of rotatable bonds is 3. The Bertz CT molecular complexity index is 161. The van der Waals surface area contributed by atoms with Crippen LogP contribution in [0.2, 0.25) is 0 Å². The molecule has 0 saturated heterocycles. The molecule has 0 atom stereocenters. The first-order valence-corrected chi connectivity index (χ1v) is 4.08. The van der Waals surface area contributed by atoms with Crippen molar-refractivity contribution >= 4 is 13.7 Å². The minimum Gasteiger partial charge on any atom is -0.296 e. The molecule has 10 heavy (non-hydrogen) atoms. The van der Waals surface area contributed by atoms with Gasteiger partial charge in [-0.1, -0.05) is 0 Å². The molecule has 60 valence electrons. The van der Waals surface area contributed by atoms with E-state index < -0.39 is 13.7 Å². The number of nitrogens with one attached hydrogen (secondary N) is 1. The zero-order chi connectivity index (χ0) is 8.20. The number of amides is 1. The molecule has 0 aromatic rings. The highest BCUT2D eigenvalue weighted by Crippen LogP contribution is 2.40. The van der Waals surface area contributed by atoms with Gasteiger partial charge >= 0.3 is 7.75 Å². The molecule has 0 heterocycles. The summed E-state index contributed by atoms with van der Waals surface area (Å²) in [6.45, 7) is 1.23. The average molecular weight is 167 g/mol. The highest BCUT2D eigenvalue weighted by molar-refractivity contribution is 7.52. The van der Waals surface area contributed by atoms with Crippen LogP contribution in [0.1, 0.15) is 6.92 Å². The topological polar surface area (TPSA) is 64.6 Å². The quantitative estimate of drug-likeness (QED) is 0.622. The van der Waals surface area contributed by atoms with Crippen LogP contribution in [0.3, 0.4) is 0 Å². The molecule has 0 aliphatic heterocycles. The predicted molar refractivity (Wildman–Crippen MR) is 35.4 cm³/mol. The molecule has 0 spiro atoms. The Hall–Kier alpha value is -0.380. The summed E-state index contributed by atoms with van der Waals surface area (Å²) in [5, 5.41) is 2.03. The summed E-state index contributed by atoms with van der Waals surface area (Å²) < 4.78 is 19.8. The van der Waals surface area contributed by atoms with Crippen LogP contribution in [0.5, 0.6) is 0 Å². The molecular weight excluding hydrogens is 157 g/mol. The van der Waals surface area contributed by atoms with Gasteiger partial charge in [-0.3, -0.25) is 18.9 Å².